The number of likely N-dealkylation sites (tertiary alicyclic amines) is 2. The second-order valence-electron chi connectivity index (χ2n) is 8.48. The molecule has 6 nitrogen and oxygen atoms in total. The van der Waals surface area contributed by atoms with Crippen LogP contribution in [0.5, 0.6) is 0 Å². The molecule has 0 saturated carbocycles. The van der Waals surface area contributed by atoms with Gasteiger partial charge in [0, 0.05) is 80.4 Å². The van der Waals surface area contributed by atoms with Crippen molar-refractivity contribution in [3.8, 4) is 0 Å². The summed E-state index contributed by atoms with van der Waals surface area (Å²) in [6.07, 6.45) is 4.02. The lowest BCUT2D eigenvalue weighted by molar-refractivity contribution is -0.119. The van der Waals surface area contributed by atoms with Gasteiger partial charge in [-0.2, -0.15) is 0 Å². The minimum atomic E-state index is -0.145. The Hall–Kier alpha value is -1.25. The van der Waals surface area contributed by atoms with Crippen molar-refractivity contribution < 1.29 is 9.84 Å². The summed E-state index contributed by atoms with van der Waals surface area (Å²) in [4.78, 5) is 12.3. The number of imidazole rings is 1. The topological polar surface area (TPSA) is 53.8 Å². The molecule has 2 bridgehead atoms. The number of hydrogen-bond donors (Lipinski definition) is 1. The molecule has 1 spiro atoms. The lowest BCUT2D eigenvalue weighted by Gasteiger charge is -2.40. The molecular formula is C20H28N4O2S. The van der Waals surface area contributed by atoms with Crippen molar-refractivity contribution in [3.63, 3.8) is 0 Å². The van der Waals surface area contributed by atoms with Crippen LogP contribution in [0.4, 0.5) is 0 Å². The highest BCUT2D eigenvalue weighted by Crippen LogP contribution is 2.49. The van der Waals surface area contributed by atoms with Crippen molar-refractivity contribution in [1.29, 1.82) is 0 Å². The van der Waals surface area contributed by atoms with Crippen LogP contribution in [0, 0.1) is 18.8 Å². The number of aliphatic hydroxyl groups excluding tert-OH is 1. The molecule has 7 heteroatoms. The van der Waals surface area contributed by atoms with Gasteiger partial charge in [0.2, 0.25) is 0 Å². The normalized spacial score (nSPS) is 33.7. The molecule has 3 fully saturated rings. The van der Waals surface area contributed by atoms with Crippen molar-refractivity contribution >= 4 is 11.3 Å². The lowest BCUT2D eigenvalue weighted by atomic mass is 9.83. The molecule has 2 aromatic heterocycles. The van der Waals surface area contributed by atoms with E-state index in [2.05, 4.69) is 38.4 Å². The first-order chi connectivity index (χ1) is 13.1. The predicted molar refractivity (Wildman–Crippen MR) is 104 cm³/mol. The molecule has 2 aromatic rings. The number of fused-ring (bicyclic) bond motifs is 1. The number of ether oxygens (including phenoxy) is 1. The third kappa shape index (κ3) is 3.06. The Balaban J connectivity index is 1.34. The summed E-state index contributed by atoms with van der Waals surface area (Å²) < 4.78 is 8.69. The average Bonchev–Trinajstić information content (AvgIpc) is 3.33. The van der Waals surface area contributed by atoms with Gasteiger partial charge in [-0.1, -0.05) is 0 Å². The monoisotopic (exact) mass is 388 g/mol. The number of aliphatic hydroxyl groups is 1. The summed E-state index contributed by atoms with van der Waals surface area (Å²) in [5.41, 5.74) is -0.145. The number of aryl methyl sites for hydroxylation is 2. The van der Waals surface area contributed by atoms with Crippen LogP contribution >= 0.6 is 11.3 Å². The van der Waals surface area contributed by atoms with Gasteiger partial charge in [-0.3, -0.25) is 9.80 Å². The first-order valence-corrected chi connectivity index (χ1v) is 10.6. The van der Waals surface area contributed by atoms with Gasteiger partial charge >= 0.3 is 0 Å². The van der Waals surface area contributed by atoms with Gasteiger partial charge in [0.15, 0.2) is 0 Å². The first-order valence-electron chi connectivity index (χ1n) is 9.81. The smallest absolute Gasteiger partial charge is 0.122 e. The minimum Gasteiger partial charge on any atom is -0.396 e. The molecule has 27 heavy (non-hydrogen) atoms. The molecule has 4 atom stereocenters. The molecule has 0 amide bonds. The molecule has 0 aliphatic carbocycles. The fourth-order valence-corrected chi connectivity index (χ4v) is 6.34. The summed E-state index contributed by atoms with van der Waals surface area (Å²) in [5, 5.41) is 10.1. The Labute approximate surface area is 164 Å². The van der Waals surface area contributed by atoms with Crippen molar-refractivity contribution in [2.45, 2.75) is 31.7 Å². The van der Waals surface area contributed by atoms with E-state index in [1.54, 1.807) is 0 Å². The fraction of sp³-hybridized carbons (Fsp3) is 0.650. The highest BCUT2D eigenvalue weighted by atomic mass is 32.1. The van der Waals surface area contributed by atoms with Crippen molar-refractivity contribution in [1.82, 2.24) is 19.4 Å². The SMILES string of the molecule is Cc1ccc(CN2C[C@H]3O[C@@]4(CN(Cc5nccn5C)C[C@@H]4[C@@H]3CO)C2)s1. The Morgan fingerprint density at radius 1 is 1.26 bits per heavy atom. The number of morpholine rings is 1. The van der Waals surface area contributed by atoms with Gasteiger partial charge in [-0.05, 0) is 19.1 Å². The molecule has 0 radical (unpaired) electrons. The van der Waals surface area contributed by atoms with Gasteiger partial charge in [-0.15, -0.1) is 11.3 Å². The van der Waals surface area contributed by atoms with Crippen LogP contribution < -0.4 is 0 Å². The standard InChI is InChI=1S/C20H28N4O2S/c1-14-3-4-15(27-14)7-23-9-18-16(11-25)17-8-24(13-20(17,12-23)26-18)10-19-21-5-6-22(19)2/h3-6,16-18,25H,7-13H2,1-2H3/t16-,17+,18+,20+/m0/s1. The van der Waals surface area contributed by atoms with Crippen LogP contribution in [0.3, 0.4) is 0 Å². The Kier molecular flexibility index (Phi) is 4.40. The maximum absolute atomic E-state index is 10.1. The molecule has 0 unspecified atom stereocenters. The van der Waals surface area contributed by atoms with E-state index in [1.807, 2.05) is 30.8 Å². The third-order valence-corrected chi connectivity index (χ3v) is 7.59. The van der Waals surface area contributed by atoms with Gasteiger partial charge in [0.1, 0.15) is 5.82 Å². The molecular weight excluding hydrogens is 360 g/mol. The van der Waals surface area contributed by atoms with E-state index in [1.165, 1.54) is 9.75 Å². The van der Waals surface area contributed by atoms with E-state index in [9.17, 15) is 5.11 Å². The summed E-state index contributed by atoms with van der Waals surface area (Å²) in [7, 11) is 2.05. The van der Waals surface area contributed by atoms with Crippen LogP contribution in [0.2, 0.25) is 0 Å². The van der Waals surface area contributed by atoms with E-state index >= 15 is 0 Å². The number of nitrogens with zero attached hydrogens (tertiary/aromatic N) is 4. The van der Waals surface area contributed by atoms with Crippen LogP contribution in [0.25, 0.3) is 0 Å². The van der Waals surface area contributed by atoms with E-state index < -0.39 is 0 Å². The number of hydrogen-bond acceptors (Lipinski definition) is 6. The zero-order valence-corrected chi connectivity index (χ0v) is 16.9. The number of rotatable bonds is 5. The van der Waals surface area contributed by atoms with E-state index in [4.69, 9.17) is 4.74 Å². The fourth-order valence-electron chi connectivity index (χ4n) is 5.40. The zero-order chi connectivity index (χ0) is 18.6. The second kappa shape index (κ2) is 6.67. The summed E-state index contributed by atoms with van der Waals surface area (Å²) in [5.74, 6) is 1.74. The van der Waals surface area contributed by atoms with E-state index in [-0.39, 0.29) is 24.2 Å². The van der Waals surface area contributed by atoms with Gasteiger partial charge in [-0.25, -0.2) is 4.98 Å². The molecule has 5 rings (SSSR count). The highest BCUT2D eigenvalue weighted by molar-refractivity contribution is 7.11. The van der Waals surface area contributed by atoms with E-state index in [0.29, 0.717) is 5.92 Å². The highest BCUT2D eigenvalue weighted by Gasteiger charge is 2.62. The number of aromatic nitrogens is 2. The van der Waals surface area contributed by atoms with Gasteiger partial charge in [0.05, 0.1) is 18.2 Å². The van der Waals surface area contributed by atoms with Crippen molar-refractivity contribution in [2.75, 3.05) is 32.8 Å². The Morgan fingerprint density at radius 3 is 2.74 bits per heavy atom. The molecule has 146 valence electrons. The molecule has 0 aromatic carbocycles. The Bertz CT molecular complexity index is 821. The zero-order valence-electron chi connectivity index (χ0n) is 16.0. The number of thiophene rings is 1. The first kappa shape index (κ1) is 17.8. The van der Waals surface area contributed by atoms with Crippen LogP contribution in [-0.2, 0) is 24.9 Å². The molecule has 3 aliphatic rings. The molecule has 3 aliphatic heterocycles. The van der Waals surface area contributed by atoms with Crippen LogP contribution in [-0.4, -0.2) is 68.9 Å². The van der Waals surface area contributed by atoms with Crippen molar-refractivity contribution in [2.24, 2.45) is 18.9 Å². The quantitative estimate of drug-likeness (QED) is 0.841. The second-order valence-corrected chi connectivity index (χ2v) is 9.85. The van der Waals surface area contributed by atoms with Crippen molar-refractivity contribution in [3.05, 3.63) is 40.1 Å². The Morgan fingerprint density at radius 2 is 2.07 bits per heavy atom. The minimum absolute atomic E-state index is 0.145. The summed E-state index contributed by atoms with van der Waals surface area (Å²) in [6, 6.07) is 4.45. The van der Waals surface area contributed by atoms with Gasteiger partial charge in [0.25, 0.3) is 0 Å². The average molecular weight is 389 g/mol. The third-order valence-electron chi connectivity index (χ3n) is 6.60. The van der Waals surface area contributed by atoms with Crippen LogP contribution in [0.15, 0.2) is 24.5 Å². The van der Waals surface area contributed by atoms with Crippen LogP contribution in [0.1, 0.15) is 15.6 Å². The molecule has 1 N–H and O–H groups in total. The van der Waals surface area contributed by atoms with Gasteiger partial charge < -0.3 is 14.4 Å². The molecule has 3 saturated heterocycles. The maximum atomic E-state index is 10.1. The largest absolute Gasteiger partial charge is 0.396 e. The lowest BCUT2D eigenvalue weighted by Crippen LogP contribution is -2.53. The summed E-state index contributed by atoms with van der Waals surface area (Å²) in [6.45, 7) is 8.03. The summed E-state index contributed by atoms with van der Waals surface area (Å²) >= 11 is 1.89. The maximum Gasteiger partial charge on any atom is 0.122 e. The predicted octanol–water partition coefficient (Wildman–Crippen LogP) is 1.48. The molecule has 5 heterocycles. The van der Waals surface area contributed by atoms with E-state index in [0.717, 1.165) is 45.1 Å².